The molecule has 0 aliphatic carbocycles. The Morgan fingerprint density at radius 1 is 1.35 bits per heavy atom. The van der Waals surface area contributed by atoms with E-state index in [4.69, 9.17) is 11.6 Å². The predicted octanol–water partition coefficient (Wildman–Crippen LogP) is 1.21. The van der Waals surface area contributed by atoms with Gasteiger partial charge in [-0.3, -0.25) is 9.59 Å². The van der Waals surface area contributed by atoms with Gasteiger partial charge >= 0.3 is 0 Å². The topological polar surface area (TPSA) is 61.4 Å². The van der Waals surface area contributed by atoms with Gasteiger partial charge in [0.25, 0.3) is 0 Å². The third-order valence-corrected chi connectivity index (χ3v) is 4.97. The third kappa shape index (κ3) is 3.51. The van der Waals surface area contributed by atoms with Crippen LogP contribution in [0.15, 0.2) is 24.3 Å². The highest BCUT2D eigenvalue weighted by Crippen LogP contribution is 2.32. The van der Waals surface area contributed by atoms with E-state index in [-0.39, 0.29) is 23.3 Å². The number of nitrogens with one attached hydrogen (secondary N) is 2. The fourth-order valence-corrected chi connectivity index (χ4v) is 3.58. The van der Waals surface area contributed by atoms with Crippen molar-refractivity contribution in [2.45, 2.75) is 25.8 Å². The van der Waals surface area contributed by atoms with Gasteiger partial charge in [0.1, 0.15) is 0 Å². The molecule has 2 heterocycles. The maximum Gasteiger partial charge on any atom is 0.231 e. The maximum atomic E-state index is 13.0. The highest BCUT2D eigenvalue weighted by molar-refractivity contribution is 6.30. The van der Waals surface area contributed by atoms with Crippen molar-refractivity contribution < 1.29 is 9.59 Å². The predicted molar refractivity (Wildman–Crippen MR) is 89.3 cm³/mol. The molecular weight excluding hydrogens is 314 g/mol. The molecule has 2 N–H and O–H groups in total. The average molecular weight is 336 g/mol. The SMILES string of the molecule is CC(=O)NC1CCN(C(=O)C2(Cc3ccc(Cl)cc3)CNC2)C1. The van der Waals surface area contributed by atoms with E-state index in [1.807, 2.05) is 29.2 Å². The molecule has 2 fully saturated rings. The fraction of sp³-hybridized carbons (Fsp3) is 0.529. The van der Waals surface area contributed by atoms with E-state index in [0.717, 1.165) is 18.4 Å². The number of hydrogen-bond donors (Lipinski definition) is 2. The smallest absolute Gasteiger partial charge is 0.231 e. The van der Waals surface area contributed by atoms with E-state index >= 15 is 0 Å². The number of rotatable bonds is 4. The van der Waals surface area contributed by atoms with Crippen molar-refractivity contribution >= 4 is 23.4 Å². The molecule has 1 aromatic carbocycles. The molecule has 6 heteroatoms. The van der Waals surface area contributed by atoms with E-state index in [0.29, 0.717) is 31.2 Å². The first-order chi connectivity index (χ1) is 11.0. The molecule has 1 unspecified atom stereocenters. The Bertz CT molecular complexity index is 598. The van der Waals surface area contributed by atoms with Crippen molar-refractivity contribution in [3.63, 3.8) is 0 Å². The van der Waals surface area contributed by atoms with Gasteiger partial charge in [-0.05, 0) is 30.5 Å². The van der Waals surface area contributed by atoms with E-state index in [2.05, 4.69) is 10.6 Å². The number of halogens is 1. The van der Waals surface area contributed by atoms with Crippen LogP contribution in [-0.4, -0.2) is 48.9 Å². The molecule has 2 aliphatic rings. The number of nitrogens with zero attached hydrogens (tertiary/aromatic N) is 1. The normalized spacial score (nSPS) is 22.5. The summed E-state index contributed by atoms with van der Waals surface area (Å²) in [5.74, 6) is 0.157. The lowest BCUT2D eigenvalue weighted by Crippen LogP contribution is -2.63. The molecule has 3 rings (SSSR count). The molecule has 23 heavy (non-hydrogen) atoms. The van der Waals surface area contributed by atoms with E-state index in [1.54, 1.807) is 0 Å². The molecule has 0 bridgehead atoms. The highest BCUT2D eigenvalue weighted by atomic mass is 35.5. The summed E-state index contributed by atoms with van der Waals surface area (Å²) in [6.07, 6.45) is 1.55. The van der Waals surface area contributed by atoms with Crippen LogP contribution in [0.25, 0.3) is 0 Å². The van der Waals surface area contributed by atoms with Crippen LogP contribution in [0.3, 0.4) is 0 Å². The van der Waals surface area contributed by atoms with Gasteiger partial charge in [-0.2, -0.15) is 0 Å². The Morgan fingerprint density at radius 3 is 2.61 bits per heavy atom. The zero-order valence-electron chi connectivity index (χ0n) is 13.3. The Balaban J connectivity index is 1.67. The summed E-state index contributed by atoms with van der Waals surface area (Å²) < 4.78 is 0. The van der Waals surface area contributed by atoms with Gasteiger partial charge in [-0.15, -0.1) is 0 Å². The van der Waals surface area contributed by atoms with Crippen molar-refractivity contribution in [1.82, 2.24) is 15.5 Å². The van der Waals surface area contributed by atoms with Crippen LogP contribution in [0.4, 0.5) is 0 Å². The first-order valence-corrected chi connectivity index (χ1v) is 8.38. The molecule has 0 aromatic heterocycles. The Kier molecular flexibility index (Phi) is 4.60. The molecule has 1 atom stereocenters. The van der Waals surface area contributed by atoms with Gasteiger partial charge < -0.3 is 15.5 Å². The molecule has 2 aliphatic heterocycles. The fourth-order valence-electron chi connectivity index (χ4n) is 3.46. The van der Waals surface area contributed by atoms with Crippen LogP contribution in [0.1, 0.15) is 18.9 Å². The van der Waals surface area contributed by atoms with Crippen molar-refractivity contribution in [3.05, 3.63) is 34.9 Å². The second-order valence-electron chi connectivity index (χ2n) is 6.62. The Hall–Kier alpha value is -1.59. The highest BCUT2D eigenvalue weighted by Gasteiger charge is 2.47. The van der Waals surface area contributed by atoms with Gasteiger partial charge in [0.15, 0.2) is 0 Å². The molecule has 0 spiro atoms. The van der Waals surface area contributed by atoms with Crippen molar-refractivity contribution in [3.8, 4) is 0 Å². The summed E-state index contributed by atoms with van der Waals surface area (Å²) in [6, 6.07) is 7.78. The number of likely N-dealkylation sites (tertiary alicyclic amines) is 1. The molecule has 0 radical (unpaired) electrons. The summed E-state index contributed by atoms with van der Waals surface area (Å²) in [7, 11) is 0. The van der Waals surface area contributed by atoms with E-state index in [9.17, 15) is 9.59 Å². The summed E-state index contributed by atoms with van der Waals surface area (Å²) in [5.41, 5.74) is 0.765. The van der Waals surface area contributed by atoms with E-state index < -0.39 is 0 Å². The minimum absolute atomic E-state index is 0.0366. The Morgan fingerprint density at radius 2 is 2.04 bits per heavy atom. The first kappa shape index (κ1) is 16.3. The third-order valence-electron chi connectivity index (χ3n) is 4.72. The minimum Gasteiger partial charge on any atom is -0.352 e. The van der Waals surface area contributed by atoms with Crippen molar-refractivity contribution in [1.29, 1.82) is 0 Å². The van der Waals surface area contributed by atoms with Gasteiger partial charge in [-0.25, -0.2) is 0 Å². The lowest BCUT2D eigenvalue weighted by molar-refractivity contribution is -0.144. The molecule has 2 amide bonds. The zero-order chi connectivity index (χ0) is 16.4. The maximum absolute atomic E-state index is 13.0. The molecule has 1 aromatic rings. The van der Waals surface area contributed by atoms with Crippen LogP contribution >= 0.6 is 11.6 Å². The van der Waals surface area contributed by atoms with Crippen LogP contribution in [0.5, 0.6) is 0 Å². The number of hydrogen-bond acceptors (Lipinski definition) is 3. The number of carbonyl (C=O) groups excluding carboxylic acids is 2. The lowest BCUT2D eigenvalue weighted by atomic mass is 9.75. The number of amides is 2. The molecule has 5 nitrogen and oxygen atoms in total. The van der Waals surface area contributed by atoms with Crippen molar-refractivity contribution in [2.24, 2.45) is 5.41 Å². The van der Waals surface area contributed by atoms with E-state index in [1.165, 1.54) is 6.92 Å². The van der Waals surface area contributed by atoms with Crippen LogP contribution in [0, 0.1) is 5.41 Å². The van der Waals surface area contributed by atoms with Gasteiger partial charge in [0.2, 0.25) is 11.8 Å². The second-order valence-corrected chi connectivity index (χ2v) is 7.06. The molecule has 124 valence electrons. The monoisotopic (exact) mass is 335 g/mol. The summed E-state index contributed by atoms with van der Waals surface area (Å²) in [4.78, 5) is 26.1. The average Bonchev–Trinajstić information content (AvgIpc) is 2.92. The standard InChI is InChI=1S/C17H22ClN3O2/c1-12(22)20-15-6-7-21(9-15)16(23)17(10-19-11-17)8-13-2-4-14(18)5-3-13/h2-5,15,19H,6-11H2,1H3,(H,20,22). The van der Waals surface area contributed by atoms with Crippen LogP contribution < -0.4 is 10.6 Å². The van der Waals surface area contributed by atoms with Gasteiger partial charge in [0, 0.05) is 44.2 Å². The lowest BCUT2D eigenvalue weighted by Gasteiger charge is -2.43. The number of benzene rings is 1. The quantitative estimate of drug-likeness (QED) is 0.869. The second kappa shape index (κ2) is 6.49. The molecule has 2 saturated heterocycles. The minimum atomic E-state index is -0.362. The Labute approximate surface area is 141 Å². The summed E-state index contributed by atoms with van der Waals surface area (Å²) in [6.45, 7) is 4.25. The summed E-state index contributed by atoms with van der Waals surface area (Å²) >= 11 is 5.93. The largest absolute Gasteiger partial charge is 0.352 e. The van der Waals surface area contributed by atoms with Crippen LogP contribution in [-0.2, 0) is 16.0 Å². The van der Waals surface area contributed by atoms with Gasteiger partial charge in [-0.1, -0.05) is 23.7 Å². The van der Waals surface area contributed by atoms with Crippen LogP contribution in [0.2, 0.25) is 5.02 Å². The first-order valence-electron chi connectivity index (χ1n) is 8.00. The zero-order valence-corrected chi connectivity index (χ0v) is 14.0. The van der Waals surface area contributed by atoms with Gasteiger partial charge in [0.05, 0.1) is 5.41 Å². The van der Waals surface area contributed by atoms with Crippen molar-refractivity contribution in [2.75, 3.05) is 26.2 Å². The number of carbonyl (C=O) groups is 2. The molecule has 0 saturated carbocycles. The summed E-state index contributed by atoms with van der Waals surface area (Å²) in [5, 5.41) is 6.85. The molecular formula is C17H22ClN3O2.